The molecule has 0 aromatic carbocycles. The highest BCUT2D eigenvalue weighted by atomic mass is 16.4. The number of β-amino-alcohol motifs (C(OH)–C–C–N with tert-alkyl or cyclic N) is 1. The average molecular weight is 258 g/mol. The highest BCUT2D eigenvalue weighted by Gasteiger charge is 2.25. The molecule has 0 aliphatic carbocycles. The lowest BCUT2D eigenvalue weighted by molar-refractivity contribution is -0.132. The Morgan fingerprint density at radius 3 is 2.72 bits per heavy atom. The van der Waals surface area contributed by atoms with Crippen LogP contribution in [0.4, 0.5) is 0 Å². The van der Waals surface area contributed by atoms with Crippen molar-refractivity contribution in [1.82, 2.24) is 9.80 Å². The molecule has 1 saturated heterocycles. The van der Waals surface area contributed by atoms with Gasteiger partial charge < -0.3 is 20.9 Å². The number of aliphatic hydroxyl groups is 1. The van der Waals surface area contributed by atoms with Crippen molar-refractivity contribution < 1.29 is 15.1 Å². The third-order valence-electron chi connectivity index (χ3n) is 3.25. The maximum atomic E-state index is 12.1. The molecule has 1 amide bonds. The number of hydrogen-bond acceptors (Lipinski definition) is 5. The van der Waals surface area contributed by atoms with Crippen LogP contribution in [0.1, 0.15) is 13.3 Å². The number of rotatable bonds is 4. The first-order valence-corrected chi connectivity index (χ1v) is 6.19. The predicted octanol–water partition coefficient (Wildman–Crippen LogP) is -1.10. The minimum Gasteiger partial charge on any atom is -0.409 e. The SMILES string of the molecule is CC(C(=O)N1CCCN(CCO)CC1)C(N)=NO. The Labute approximate surface area is 107 Å². The lowest BCUT2D eigenvalue weighted by atomic mass is 10.1. The number of oxime groups is 1. The third kappa shape index (κ3) is 3.85. The second-order valence-electron chi connectivity index (χ2n) is 4.49. The summed E-state index contributed by atoms with van der Waals surface area (Å²) in [6, 6.07) is 0. The standard InChI is InChI=1S/C11H22N4O3/c1-9(10(12)13-18)11(17)15-4-2-3-14(5-6-15)7-8-16/h9,16,18H,2-8H2,1H3,(H2,12,13). The van der Waals surface area contributed by atoms with E-state index in [1.54, 1.807) is 11.8 Å². The summed E-state index contributed by atoms with van der Waals surface area (Å²) in [4.78, 5) is 16.0. The number of nitrogens with two attached hydrogens (primary N) is 1. The van der Waals surface area contributed by atoms with E-state index in [1.807, 2.05) is 0 Å². The largest absolute Gasteiger partial charge is 0.409 e. The summed E-state index contributed by atoms with van der Waals surface area (Å²) in [5, 5.41) is 20.3. The Morgan fingerprint density at radius 2 is 2.11 bits per heavy atom. The lowest BCUT2D eigenvalue weighted by Gasteiger charge is -2.24. The number of amides is 1. The zero-order valence-corrected chi connectivity index (χ0v) is 10.7. The Kier molecular flexibility index (Phi) is 5.87. The summed E-state index contributed by atoms with van der Waals surface area (Å²) in [6.07, 6.45) is 0.870. The van der Waals surface area contributed by atoms with Gasteiger partial charge in [0.15, 0.2) is 5.84 Å². The predicted molar refractivity (Wildman–Crippen MR) is 67.3 cm³/mol. The van der Waals surface area contributed by atoms with Gasteiger partial charge in [-0.1, -0.05) is 5.16 Å². The fourth-order valence-electron chi connectivity index (χ4n) is 2.04. The Morgan fingerprint density at radius 1 is 1.39 bits per heavy atom. The molecule has 1 atom stereocenters. The molecule has 0 bridgehead atoms. The number of hydrogen-bond donors (Lipinski definition) is 3. The minimum absolute atomic E-state index is 0.0588. The van der Waals surface area contributed by atoms with Crippen molar-refractivity contribution in [3.05, 3.63) is 0 Å². The van der Waals surface area contributed by atoms with E-state index in [2.05, 4.69) is 10.1 Å². The van der Waals surface area contributed by atoms with Gasteiger partial charge in [0.2, 0.25) is 5.91 Å². The first-order valence-electron chi connectivity index (χ1n) is 6.19. The lowest BCUT2D eigenvalue weighted by Crippen LogP contribution is -2.42. The van der Waals surface area contributed by atoms with Crippen molar-refractivity contribution in [2.75, 3.05) is 39.3 Å². The molecule has 1 heterocycles. The van der Waals surface area contributed by atoms with Crippen LogP contribution in [0.3, 0.4) is 0 Å². The molecular weight excluding hydrogens is 236 g/mol. The van der Waals surface area contributed by atoms with Gasteiger partial charge in [-0.2, -0.15) is 0 Å². The summed E-state index contributed by atoms with van der Waals surface area (Å²) in [5.41, 5.74) is 5.45. The molecule has 4 N–H and O–H groups in total. The maximum Gasteiger partial charge on any atom is 0.233 e. The number of carbonyl (C=O) groups excluding carboxylic acids is 1. The van der Waals surface area contributed by atoms with Crippen LogP contribution in [0.2, 0.25) is 0 Å². The first kappa shape index (κ1) is 14.7. The topological polar surface area (TPSA) is 102 Å². The number of nitrogens with zero attached hydrogens (tertiary/aromatic N) is 3. The number of aliphatic hydroxyl groups excluding tert-OH is 1. The molecule has 1 unspecified atom stereocenters. The van der Waals surface area contributed by atoms with Gasteiger partial charge in [-0.3, -0.25) is 9.69 Å². The van der Waals surface area contributed by atoms with Crippen LogP contribution in [-0.2, 0) is 4.79 Å². The molecule has 1 fully saturated rings. The van der Waals surface area contributed by atoms with Crippen molar-refractivity contribution in [3.8, 4) is 0 Å². The Bertz CT molecular complexity index is 309. The normalized spacial score (nSPS) is 20.6. The zero-order chi connectivity index (χ0) is 13.5. The molecule has 7 nitrogen and oxygen atoms in total. The van der Waals surface area contributed by atoms with E-state index in [0.717, 1.165) is 19.5 Å². The first-order chi connectivity index (χ1) is 8.60. The molecule has 7 heteroatoms. The van der Waals surface area contributed by atoms with Crippen LogP contribution < -0.4 is 5.73 Å². The van der Waals surface area contributed by atoms with Crippen LogP contribution in [0.25, 0.3) is 0 Å². The summed E-state index contributed by atoms with van der Waals surface area (Å²) in [5.74, 6) is -0.771. The second-order valence-corrected chi connectivity index (χ2v) is 4.49. The molecule has 0 saturated carbocycles. The quantitative estimate of drug-likeness (QED) is 0.257. The molecule has 1 aliphatic heterocycles. The smallest absolute Gasteiger partial charge is 0.233 e. The van der Waals surface area contributed by atoms with Gasteiger partial charge in [-0.15, -0.1) is 0 Å². The van der Waals surface area contributed by atoms with Gasteiger partial charge in [-0.25, -0.2) is 0 Å². The third-order valence-corrected chi connectivity index (χ3v) is 3.25. The van der Waals surface area contributed by atoms with E-state index in [0.29, 0.717) is 19.6 Å². The van der Waals surface area contributed by atoms with Gasteiger partial charge >= 0.3 is 0 Å². The molecule has 104 valence electrons. The van der Waals surface area contributed by atoms with E-state index in [-0.39, 0.29) is 18.3 Å². The van der Waals surface area contributed by atoms with E-state index >= 15 is 0 Å². The fraction of sp³-hybridized carbons (Fsp3) is 0.818. The van der Waals surface area contributed by atoms with E-state index < -0.39 is 5.92 Å². The molecule has 1 rings (SSSR count). The minimum atomic E-state index is -0.598. The fourth-order valence-corrected chi connectivity index (χ4v) is 2.04. The molecule has 18 heavy (non-hydrogen) atoms. The second kappa shape index (κ2) is 7.17. The summed E-state index contributed by atoms with van der Waals surface area (Å²) in [7, 11) is 0. The average Bonchev–Trinajstić information content (AvgIpc) is 2.62. The zero-order valence-electron chi connectivity index (χ0n) is 10.7. The van der Waals surface area contributed by atoms with Crippen molar-refractivity contribution >= 4 is 11.7 Å². The van der Waals surface area contributed by atoms with Gasteiger partial charge in [0.1, 0.15) is 0 Å². The Hall–Kier alpha value is -1.34. The summed E-state index contributed by atoms with van der Waals surface area (Å²) >= 11 is 0. The van der Waals surface area contributed by atoms with E-state index in [1.165, 1.54) is 0 Å². The van der Waals surface area contributed by atoms with Crippen LogP contribution in [0, 0.1) is 5.92 Å². The van der Waals surface area contributed by atoms with Crippen molar-refractivity contribution in [3.63, 3.8) is 0 Å². The van der Waals surface area contributed by atoms with Crippen molar-refractivity contribution in [2.24, 2.45) is 16.8 Å². The highest BCUT2D eigenvalue weighted by molar-refractivity contribution is 6.01. The summed E-state index contributed by atoms with van der Waals surface area (Å²) < 4.78 is 0. The number of carbonyl (C=O) groups is 1. The molecule has 0 spiro atoms. The summed E-state index contributed by atoms with van der Waals surface area (Å²) in [6.45, 7) is 5.31. The molecule has 1 aliphatic rings. The van der Waals surface area contributed by atoms with E-state index in [9.17, 15) is 4.79 Å². The molecule has 0 radical (unpaired) electrons. The van der Waals surface area contributed by atoms with Crippen molar-refractivity contribution in [1.29, 1.82) is 0 Å². The van der Waals surface area contributed by atoms with Gasteiger partial charge in [-0.05, 0) is 19.9 Å². The monoisotopic (exact) mass is 258 g/mol. The van der Waals surface area contributed by atoms with Crippen LogP contribution in [0.5, 0.6) is 0 Å². The van der Waals surface area contributed by atoms with Crippen LogP contribution in [-0.4, -0.2) is 71.2 Å². The Balaban J connectivity index is 2.54. The molecular formula is C11H22N4O3. The number of amidine groups is 1. The van der Waals surface area contributed by atoms with Gasteiger partial charge in [0.05, 0.1) is 12.5 Å². The maximum absolute atomic E-state index is 12.1. The van der Waals surface area contributed by atoms with Crippen LogP contribution >= 0.6 is 0 Å². The van der Waals surface area contributed by atoms with Crippen molar-refractivity contribution in [2.45, 2.75) is 13.3 Å². The highest BCUT2D eigenvalue weighted by Crippen LogP contribution is 2.08. The van der Waals surface area contributed by atoms with Gasteiger partial charge in [0, 0.05) is 26.2 Å². The molecule has 0 aromatic rings. The van der Waals surface area contributed by atoms with E-state index in [4.69, 9.17) is 16.0 Å². The van der Waals surface area contributed by atoms with Crippen LogP contribution in [0.15, 0.2) is 5.16 Å². The van der Waals surface area contributed by atoms with Gasteiger partial charge in [0.25, 0.3) is 0 Å². The molecule has 0 aromatic heterocycles.